The molecule has 2 aromatic carbocycles. The van der Waals surface area contributed by atoms with Crippen molar-refractivity contribution < 1.29 is 8.42 Å². The highest BCUT2D eigenvalue weighted by Crippen LogP contribution is 2.20. The minimum absolute atomic E-state index is 0.0348. The summed E-state index contributed by atoms with van der Waals surface area (Å²) in [5.41, 5.74) is 4.67. The van der Waals surface area contributed by atoms with Gasteiger partial charge in [-0.3, -0.25) is 0 Å². The van der Waals surface area contributed by atoms with Crippen molar-refractivity contribution in [2.24, 2.45) is 0 Å². The van der Waals surface area contributed by atoms with Gasteiger partial charge in [0.2, 0.25) is 0 Å². The van der Waals surface area contributed by atoms with Crippen LogP contribution in [0.15, 0.2) is 42.5 Å². The maximum Gasteiger partial charge on any atom is 0.171 e. The minimum Gasteiger partial charge on any atom is -0.228 e. The molecule has 1 aromatic heterocycles. The van der Waals surface area contributed by atoms with Crippen molar-refractivity contribution in [3.8, 4) is 5.69 Å². The molecular weight excluding hydrogens is 336 g/mol. The molecule has 25 heavy (non-hydrogen) atoms. The van der Waals surface area contributed by atoms with E-state index >= 15 is 0 Å². The van der Waals surface area contributed by atoms with Crippen LogP contribution in [0.1, 0.15) is 28.1 Å². The van der Waals surface area contributed by atoms with Gasteiger partial charge in [0.05, 0.1) is 11.4 Å². The third kappa shape index (κ3) is 3.93. The molecule has 0 aliphatic heterocycles. The number of benzene rings is 2. The molecule has 0 unspecified atom stereocenters. The summed E-state index contributed by atoms with van der Waals surface area (Å²) in [6.07, 6.45) is 0. The second-order valence-electron chi connectivity index (χ2n) is 6.27. The number of sulfone groups is 1. The zero-order valence-corrected chi connectivity index (χ0v) is 15.3. The quantitative estimate of drug-likeness (QED) is 0.702. The topological polar surface area (TPSA) is 77.7 Å². The molecule has 0 aliphatic carbocycles. The second-order valence-corrected chi connectivity index (χ2v) is 8.33. The van der Waals surface area contributed by atoms with E-state index in [1.807, 2.05) is 63.2 Å². The van der Waals surface area contributed by atoms with Crippen LogP contribution < -0.4 is 0 Å². The average Bonchev–Trinajstić information content (AvgIpc) is 2.96. The summed E-state index contributed by atoms with van der Waals surface area (Å²) in [4.78, 5) is 0. The summed E-state index contributed by atoms with van der Waals surface area (Å²) < 4.78 is 26.7. The Morgan fingerprint density at radius 1 is 0.920 bits per heavy atom. The van der Waals surface area contributed by atoms with Crippen LogP contribution in [0.5, 0.6) is 0 Å². The molecule has 1 heterocycles. The van der Waals surface area contributed by atoms with Gasteiger partial charge in [-0.05, 0) is 47.9 Å². The van der Waals surface area contributed by atoms with Gasteiger partial charge in [0.15, 0.2) is 15.7 Å². The van der Waals surface area contributed by atoms with Gasteiger partial charge in [-0.2, -0.15) is 4.68 Å². The van der Waals surface area contributed by atoms with Crippen LogP contribution in [0.4, 0.5) is 0 Å². The van der Waals surface area contributed by atoms with Gasteiger partial charge >= 0.3 is 0 Å². The zero-order chi connectivity index (χ0) is 18.0. The fraction of sp³-hybridized carbons (Fsp3) is 0.278. The van der Waals surface area contributed by atoms with Gasteiger partial charge in [0.25, 0.3) is 0 Å². The molecule has 0 N–H and O–H groups in total. The van der Waals surface area contributed by atoms with Crippen molar-refractivity contribution in [2.45, 2.75) is 32.3 Å². The van der Waals surface area contributed by atoms with Gasteiger partial charge in [-0.15, -0.1) is 5.10 Å². The minimum atomic E-state index is -3.39. The maximum atomic E-state index is 12.6. The van der Waals surface area contributed by atoms with E-state index in [9.17, 15) is 8.42 Å². The molecule has 6 nitrogen and oxygen atoms in total. The second kappa shape index (κ2) is 6.76. The van der Waals surface area contributed by atoms with E-state index in [2.05, 4.69) is 15.5 Å². The van der Waals surface area contributed by atoms with Gasteiger partial charge < -0.3 is 0 Å². The fourth-order valence-corrected chi connectivity index (χ4v) is 4.17. The van der Waals surface area contributed by atoms with Crippen LogP contribution in [0.2, 0.25) is 0 Å². The van der Waals surface area contributed by atoms with Crippen molar-refractivity contribution in [2.75, 3.05) is 0 Å². The molecule has 7 heteroatoms. The molecule has 0 spiro atoms. The lowest BCUT2D eigenvalue weighted by Crippen LogP contribution is -2.14. The van der Waals surface area contributed by atoms with Crippen molar-refractivity contribution in [1.82, 2.24) is 20.2 Å². The van der Waals surface area contributed by atoms with E-state index in [1.165, 1.54) is 4.68 Å². The van der Waals surface area contributed by atoms with Crippen molar-refractivity contribution >= 4 is 9.84 Å². The Hall–Kier alpha value is -2.54. The number of rotatable bonds is 5. The summed E-state index contributed by atoms with van der Waals surface area (Å²) >= 11 is 0. The Balaban J connectivity index is 1.89. The predicted octanol–water partition coefficient (Wildman–Crippen LogP) is 2.70. The Morgan fingerprint density at radius 2 is 1.56 bits per heavy atom. The molecule has 130 valence electrons. The summed E-state index contributed by atoms with van der Waals surface area (Å²) in [5.74, 6) is 0.0821. The normalized spacial score (nSPS) is 11.6. The average molecular weight is 356 g/mol. The molecule has 0 saturated heterocycles. The highest BCUT2D eigenvalue weighted by molar-refractivity contribution is 7.89. The third-order valence-electron chi connectivity index (χ3n) is 4.04. The van der Waals surface area contributed by atoms with Crippen LogP contribution in [-0.4, -0.2) is 28.6 Å². The lowest BCUT2D eigenvalue weighted by Gasteiger charge is -2.11. The number of nitrogens with zero attached hydrogens (tertiary/aromatic N) is 4. The Morgan fingerprint density at radius 3 is 2.20 bits per heavy atom. The molecule has 0 saturated carbocycles. The molecule has 0 atom stereocenters. The smallest absolute Gasteiger partial charge is 0.171 e. The van der Waals surface area contributed by atoms with E-state index in [1.54, 1.807) is 0 Å². The standard InChI is InChI=1S/C18H20N4O2S/c1-13-7-9-16(10-8-13)11-25(23,24)12-17-19-20-21-22(17)18-14(2)5-4-6-15(18)3/h4-10H,11-12H2,1-3H3. The van der Waals surface area contributed by atoms with E-state index in [-0.39, 0.29) is 11.5 Å². The monoisotopic (exact) mass is 356 g/mol. The van der Waals surface area contributed by atoms with Crippen LogP contribution in [0.3, 0.4) is 0 Å². The molecule has 0 fully saturated rings. The van der Waals surface area contributed by atoms with E-state index in [0.29, 0.717) is 5.82 Å². The molecule has 0 amide bonds. The first-order chi connectivity index (χ1) is 11.9. The van der Waals surface area contributed by atoms with E-state index in [4.69, 9.17) is 0 Å². The van der Waals surface area contributed by atoms with Crippen molar-refractivity contribution in [1.29, 1.82) is 0 Å². The van der Waals surface area contributed by atoms with Gasteiger partial charge in [0.1, 0.15) is 5.75 Å². The van der Waals surface area contributed by atoms with E-state index in [0.717, 1.165) is 27.9 Å². The van der Waals surface area contributed by atoms with Crippen LogP contribution in [-0.2, 0) is 21.3 Å². The van der Waals surface area contributed by atoms with E-state index < -0.39 is 9.84 Å². The van der Waals surface area contributed by atoms with Crippen molar-refractivity contribution in [3.05, 3.63) is 70.5 Å². The first-order valence-electron chi connectivity index (χ1n) is 7.95. The summed E-state index contributed by atoms with van der Waals surface area (Å²) in [6, 6.07) is 13.3. The number of tetrazole rings is 1. The zero-order valence-electron chi connectivity index (χ0n) is 14.5. The summed E-state index contributed by atoms with van der Waals surface area (Å²) in [7, 11) is -3.39. The molecular formula is C18H20N4O2S. The van der Waals surface area contributed by atoms with Crippen molar-refractivity contribution in [3.63, 3.8) is 0 Å². The SMILES string of the molecule is Cc1ccc(CS(=O)(=O)Cc2nnnn2-c2c(C)cccc2C)cc1. The lowest BCUT2D eigenvalue weighted by atomic mass is 10.1. The largest absolute Gasteiger partial charge is 0.228 e. The third-order valence-corrected chi connectivity index (χ3v) is 5.51. The van der Waals surface area contributed by atoms with Gasteiger partial charge in [-0.1, -0.05) is 48.0 Å². The fourth-order valence-electron chi connectivity index (χ4n) is 2.80. The highest BCUT2D eigenvalue weighted by atomic mass is 32.2. The highest BCUT2D eigenvalue weighted by Gasteiger charge is 2.20. The predicted molar refractivity (Wildman–Crippen MR) is 96.1 cm³/mol. The van der Waals surface area contributed by atoms with Crippen LogP contribution >= 0.6 is 0 Å². The Kier molecular flexibility index (Phi) is 4.67. The summed E-state index contributed by atoms with van der Waals surface area (Å²) in [6.45, 7) is 5.88. The molecule has 0 aliphatic rings. The first-order valence-corrected chi connectivity index (χ1v) is 9.78. The Bertz CT molecular complexity index is 972. The van der Waals surface area contributed by atoms with Gasteiger partial charge in [0, 0.05) is 0 Å². The molecule has 3 rings (SSSR count). The number of hydrogen-bond acceptors (Lipinski definition) is 5. The molecule has 0 radical (unpaired) electrons. The number of hydrogen-bond donors (Lipinski definition) is 0. The Labute approximate surface area is 147 Å². The maximum absolute atomic E-state index is 12.6. The van der Waals surface area contributed by atoms with Crippen LogP contribution in [0, 0.1) is 20.8 Å². The number of para-hydroxylation sites is 1. The van der Waals surface area contributed by atoms with Crippen LogP contribution in [0.25, 0.3) is 5.69 Å². The van der Waals surface area contributed by atoms with Gasteiger partial charge in [-0.25, -0.2) is 8.42 Å². The number of aromatic nitrogens is 4. The summed E-state index contributed by atoms with van der Waals surface area (Å²) in [5, 5.41) is 11.6. The molecule has 3 aromatic rings. The lowest BCUT2D eigenvalue weighted by molar-refractivity contribution is 0.591. The number of aryl methyl sites for hydroxylation is 3. The molecule has 0 bridgehead atoms. The first kappa shape index (κ1) is 17.3.